The van der Waals surface area contributed by atoms with E-state index in [0.717, 1.165) is 5.69 Å². The number of hydrogen-bond donors (Lipinski definition) is 1. The molecule has 1 N–H and O–H groups in total. The number of rotatable bonds is 2. The van der Waals surface area contributed by atoms with Gasteiger partial charge in [-0.1, -0.05) is 23.7 Å². The molecule has 0 fully saturated rings. The molecule has 82 valence electrons. The SMILES string of the molecule is Cc1nc(Cl)nc(Nc2ccccc2Cl)n1. The fraction of sp³-hybridized carbons (Fsp3) is 0.100. The van der Waals surface area contributed by atoms with E-state index >= 15 is 0 Å². The van der Waals surface area contributed by atoms with E-state index in [1.54, 1.807) is 13.0 Å². The molecule has 1 heterocycles. The van der Waals surface area contributed by atoms with E-state index in [1.165, 1.54) is 0 Å². The van der Waals surface area contributed by atoms with Crippen LogP contribution < -0.4 is 5.32 Å². The zero-order valence-electron chi connectivity index (χ0n) is 8.41. The van der Waals surface area contributed by atoms with Gasteiger partial charge in [-0.15, -0.1) is 0 Å². The number of aromatic nitrogens is 3. The third-order valence-corrected chi connectivity index (χ3v) is 2.34. The molecule has 6 heteroatoms. The number of para-hydroxylation sites is 1. The van der Waals surface area contributed by atoms with Crippen LogP contribution in [0.25, 0.3) is 0 Å². The first-order valence-corrected chi connectivity index (χ1v) is 5.30. The molecule has 0 atom stereocenters. The maximum Gasteiger partial charge on any atom is 0.231 e. The van der Waals surface area contributed by atoms with Gasteiger partial charge in [0.1, 0.15) is 5.82 Å². The average molecular weight is 255 g/mol. The lowest BCUT2D eigenvalue weighted by Gasteiger charge is -2.06. The van der Waals surface area contributed by atoms with E-state index in [2.05, 4.69) is 20.3 Å². The van der Waals surface area contributed by atoms with Crippen LogP contribution in [0.4, 0.5) is 11.6 Å². The first-order valence-electron chi connectivity index (χ1n) is 4.55. The fourth-order valence-electron chi connectivity index (χ4n) is 1.19. The molecule has 16 heavy (non-hydrogen) atoms. The van der Waals surface area contributed by atoms with E-state index in [4.69, 9.17) is 23.2 Å². The van der Waals surface area contributed by atoms with E-state index in [1.807, 2.05) is 18.2 Å². The zero-order chi connectivity index (χ0) is 11.5. The Kier molecular flexibility index (Phi) is 3.22. The van der Waals surface area contributed by atoms with Gasteiger partial charge in [-0.05, 0) is 30.7 Å². The van der Waals surface area contributed by atoms with Crippen molar-refractivity contribution in [2.75, 3.05) is 5.32 Å². The van der Waals surface area contributed by atoms with Crippen molar-refractivity contribution in [2.45, 2.75) is 6.92 Å². The summed E-state index contributed by atoms with van der Waals surface area (Å²) in [5.74, 6) is 0.931. The van der Waals surface area contributed by atoms with Crippen LogP contribution in [0.5, 0.6) is 0 Å². The Balaban J connectivity index is 2.30. The average Bonchev–Trinajstić information content (AvgIpc) is 2.20. The van der Waals surface area contributed by atoms with E-state index in [9.17, 15) is 0 Å². The van der Waals surface area contributed by atoms with Crippen LogP contribution in [0, 0.1) is 6.92 Å². The molecular formula is C10H8Cl2N4. The second kappa shape index (κ2) is 4.63. The molecule has 0 saturated carbocycles. The number of aryl methyl sites for hydroxylation is 1. The van der Waals surface area contributed by atoms with Gasteiger partial charge >= 0.3 is 0 Å². The Morgan fingerprint density at radius 3 is 2.50 bits per heavy atom. The lowest BCUT2D eigenvalue weighted by atomic mass is 10.3. The standard InChI is InChI=1S/C10H8Cl2N4/c1-6-13-9(12)16-10(14-6)15-8-5-3-2-4-7(8)11/h2-5H,1H3,(H,13,14,15,16). The summed E-state index contributed by atoms with van der Waals surface area (Å²) in [6.45, 7) is 1.74. The Morgan fingerprint density at radius 2 is 1.81 bits per heavy atom. The van der Waals surface area contributed by atoms with Gasteiger partial charge in [0.15, 0.2) is 0 Å². The van der Waals surface area contributed by atoms with Crippen LogP contribution in [-0.2, 0) is 0 Å². The van der Waals surface area contributed by atoms with Crippen molar-refractivity contribution < 1.29 is 0 Å². The van der Waals surface area contributed by atoms with Gasteiger partial charge in [0.2, 0.25) is 11.2 Å². The second-order valence-electron chi connectivity index (χ2n) is 3.08. The molecule has 4 nitrogen and oxygen atoms in total. The van der Waals surface area contributed by atoms with Crippen molar-refractivity contribution in [3.63, 3.8) is 0 Å². The summed E-state index contributed by atoms with van der Waals surface area (Å²) in [6.07, 6.45) is 0. The number of benzene rings is 1. The van der Waals surface area contributed by atoms with Crippen LogP contribution in [0.1, 0.15) is 5.82 Å². The van der Waals surface area contributed by atoms with Crippen molar-refractivity contribution in [3.05, 3.63) is 40.4 Å². The van der Waals surface area contributed by atoms with E-state index < -0.39 is 0 Å². The lowest BCUT2D eigenvalue weighted by Crippen LogP contribution is -2.01. The van der Waals surface area contributed by atoms with Crippen LogP contribution >= 0.6 is 23.2 Å². The van der Waals surface area contributed by atoms with E-state index in [0.29, 0.717) is 16.8 Å². The van der Waals surface area contributed by atoms with Crippen molar-refractivity contribution in [2.24, 2.45) is 0 Å². The molecule has 1 aromatic heterocycles. The maximum absolute atomic E-state index is 5.99. The number of hydrogen-bond acceptors (Lipinski definition) is 4. The Hall–Kier alpha value is -1.39. The van der Waals surface area contributed by atoms with Crippen LogP contribution in [0.15, 0.2) is 24.3 Å². The summed E-state index contributed by atoms with van der Waals surface area (Å²) < 4.78 is 0. The molecule has 0 aliphatic carbocycles. The van der Waals surface area contributed by atoms with Crippen molar-refractivity contribution in [3.8, 4) is 0 Å². The van der Waals surface area contributed by atoms with Crippen molar-refractivity contribution in [1.29, 1.82) is 0 Å². The van der Waals surface area contributed by atoms with Crippen LogP contribution in [-0.4, -0.2) is 15.0 Å². The van der Waals surface area contributed by atoms with Gasteiger partial charge in [-0.2, -0.15) is 9.97 Å². The highest BCUT2D eigenvalue weighted by atomic mass is 35.5. The molecule has 1 aromatic carbocycles. The predicted octanol–water partition coefficient (Wildman–Crippen LogP) is 3.23. The molecule has 0 radical (unpaired) electrons. The minimum absolute atomic E-state index is 0.155. The van der Waals surface area contributed by atoms with Crippen LogP contribution in [0.2, 0.25) is 10.3 Å². The normalized spacial score (nSPS) is 10.2. The van der Waals surface area contributed by atoms with Crippen molar-refractivity contribution >= 4 is 34.8 Å². The number of nitrogens with one attached hydrogen (secondary N) is 1. The number of halogens is 2. The first kappa shape index (κ1) is 11.1. The van der Waals surface area contributed by atoms with Crippen LogP contribution in [0.3, 0.4) is 0 Å². The third-order valence-electron chi connectivity index (χ3n) is 1.84. The third kappa shape index (κ3) is 2.59. The largest absolute Gasteiger partial charge is 0.323 e. The highest BCUT2D eigenvalue weighted by molar-refractivity contribution is 6.33. The van der Waals surface area contributed by atoms with Gasteiger partial charge in [-0.25, -0.2) is 4.98 Å². The maximum atomic E-state index is 5.99. The Bertz CT molecular complexity index is 496. The summed E-state index contributed by atoms with van der Waals surface area (Å²) in [5, 5.41) is 3.72. The van der Waals surface area contributed by atoms with E-state index in [-0.39, 0.29) is 5.28 Å². The topological polar surface area (TPSA) is 50.7 Å². The molecule has 2 rings (SSSR count). The summed E-state index contributed by atoms with van der Waals surface area (Å²) in [4.78, 5) is 11.9. The molecule has 0 unspecified atom stereocenters. The highest BCUT2D eigenvalue weighted by Gasteiger charge is 2.04. The summed E-state index contributed by atoms with van der Waals surface area (Å²) in [6, 6.07) is 7.32. The predicted molar refractivity (Wildman–Crippen MR) is 64.3 cm³/mol. The monoisotopic (exact) mass is 254 g/mol. The van der Waals surface area contributed by atoms with Crippen molar-refractivity contribution in [1.82, 2.24) is 15.0 Å². The minimum Gasteiger partial charge on any atom is -0.323 e. The molecule has 0 aliphatic rings. The first-order chi connectivity index (χ1) is 7.65. The minimum atomic E-state index is 0.155. The molecule has 0 saturated heterocycles. The molecule has 0 amide bonds. The summed E-state index contributed by atoms with van der Waals surface area (Å²) in [5.41, 5.74) is 0.728. The van der Waals surface area contributed by atoms with Gasteiger partial charge in [0.05, 0.1) is 10.7 Å². The smallest absolute Gasteiger partial charge is 0.231 e. The lowest BCUT2D eigenvalue weighted by molar-refractivity contribution is 0.983. The fourth-order valence-corrected chi connectivity index (χ4v) is 1.57. The highest BCUT2D eigenvalue weighted by Crippen LogP contribution is 2.23. The molecule has 0 bridgehead atoms. The molecule has 0 spiro atoms. The van der Waals surface area contributed by atoms with Gasteiger partial charge in [0.25, 0.3) is 0 Å². The molecular weight excluding hydrogens is 247 g/mol. The molecule has 0 aliphatic heterocycles. The molecule has 2 aromatic rings. The number of anilines is 2. The quantitative estimate of drug-likeness (QED) is 0.894. The van der Waals surface area contributed by atoms with Gasteiger partial charge in [0, 0.05) is 0 Å². The van der Waals surface area contributed by atoms with Gasteiger partial charge in [-0.3, -0.25) is 0 Å². The van der Waals surface area contributed by atoms with Gasteiger partial charge < -0.3 is 5.32 Å². The summed E-state index contributed by atoms with van der Waals surface area (Å²) in [7, 11) is 0. The Labute approximate surface area is 103 Å². The number of nitrogens with zero attached hydrogens (tertiary/aromatic N) is 3. The Morgan fingerprint density at radius 1 is 1.06 bits per heavy atom. The second-order valence-corrected chi connectivity index (χ2v) is 3.83. The summed E-state index contributed by atoms with van der Waals surface area (Å²) >= 11 is 11.7. The zero-order valence-corrected chi connectivity index (χ0v) is 9.92.